The van der Waals surface area contributed by atoms with Crippen molar-refractivity contribution in [2.75, 3.05) is 6.54 Å². The summed E-state index contributed by atoms with van der Waals surface area (Å²) in [5, 5.41) is 7.74. The number of aryl methyl sites for hydroxylation is 1. The largest absolute Gasteiger partial charge is 0.313 e. The van der Waals surface area contributed by atoms with E-state index in [9.17, 15) is 0 Å². The second-order valence-electron chi connectivity index (χ2n) is 4.93. The quantitative estimate of drug-likeness (QED) is 0.815. The fourth-order valence-corrected chi connectivity index (χ4v) is 1.73. The highest BCUT2D eigenvalue weighted by atomic mass is 35.5. The van der Waals surface area contributed by atoms with E-state index >= 15 is 0 Å². The van der Waals surface area contributed by atoms with Gasteiger partial charge in [0.05, 0.1) is 0 Å². The van der Waals surface area contributed by atoms with Gasteiger partial charge in [0.25, 0.3) is 0 Å². The molecular weight excluding hydrogens is 232 g/mol. The first-order chi connectivity index (χ1) is 7.99. The van der Waals surface area contributed by atoms with E-state index < -0.39 is 0 Å². The highest BCUT2D eigenvalue weighted by Gasteiger charge is 2.03. The molecule has 0 spiro atoms. The SMILES string of the molecule is Cc1ccc(CNC(C)CNC(C)C)cc1Cl. The maximum atomic E-state index is 6.09. The van der Waals surface area contributed by atoms with Crippen LogP contribution in [-0.4, -0.2) is 18.6 Å². The molecule has 0 heterocycles. The Kier molecular flexibility index (Phi) is 5.96. The number of rotatable bonds is 6. The highest BCUT2D eigenvalue weighted by Crippen LogP contribution is 2.16. The van der Waals surface area contributed by atoms with Gasteiger partial charge in [-0.3, -0.25) is 0 Å². The first-order valence-electron chi connectivity index (χ1n) is 6.21. The predicted octanol–water partition coefficient (Wildman–Crippen LogP) is 3.12. The molecule has 3 heteroatoms. The summed E-state index contributed by atoms with van der Waals surface area (Å²) in [6, 6.07) is 7.21. The molecule has 0 aliphatic carbocycles. The molecule has 1 atom stereocenters. The van der Waals surface area contributed by atoms with Gasteiger partial charge < -0.3 is 10.6 Å². The van der Waals surface area contributed by atoms with Crippen LogP contribution in [0.5, 0.6) is 0 Å². The lowest BCUT2D eigenvalue weighted by atomic mass is 10.1. The van der Waals surface area contributed by atoms with Gasteiger partial charge in [-0.2, -0.15) is 0 Å². The molecule has 1 aromatic carbocycles. The molecule has 1 unspecified atom stereocenters. The molecule has 0 aromatic heterocycles. The maximum Gasteiger partial charge on any atom is 0.0438 e. The van der Waals surface area contributed by atoms with E-state index in [1.165, 1.54) is 5.56 Å². The first kappa shape index (κ1) is 14.5. The highest BCUT2D eigenvalue weighted by molar-refractivity contribution is 6.31. The van der Waals surface area contributed by atoms with Crippen molar-refractivity contribution >= 4 is 11.6 Å². The molecule has 1 rings (SSSR count). The number of nitrogens with one attached hydrogen (secondary N) is 2. The Morgan fingerprint density at radius 3 is 2.47 bits per heavy atom. The molecule has 2 nitrogen and oxygen atoms in total. The minimum atomic E-state index is 0.456. The molecular formula is C14H23ClN2. The fraction of sp³-hybridized carbons (Fsp3) is 0.571. The molecule has 17 heavy (non-hydrogen) atoms. The number of hydrogen-bond donors (Lipinski definition) is 2. The van der Waals surface area contributed by atoms with Crippen LogP contribution in [0.4, 0.5) is 0 Å². The zero-order valence-corrected chi connectivity index (χ0v) is 11.9. The monoisotopic (exact) mass is 254 g/mol. The minimum absolute atomic E-state index is 0.456. The van der Waals surface area contributed by atoms with Gasteiger partial charge in [0, 0.05) is 30.2 Å². The van der Waals surface area contributed by atoms with Gasteiger partial charge in [-0.25, -0.2) is 0 Å². The van der Waals surface area contributed by atoms with Crippen molar-refractivity contribution < 1.29 is 0 Å². The van der Waals surface area contributed by atoms with Crippen LogP contribution in [0.15, 0.2) is 18.2 Å². The second-order valence-corrected chi connectivity index (χ2v) is 5.34. The van der Waals surface area contributed by atoms with Crippen molar-refractivity contribution in [2.45, 2.75) is 46.3 Å². The Balaban J connectivity index is 2.36. The number of hydrogen-bond acceptors (Lipinski definition) is 2. The zero-order chi connectivity index (χ0) is 12.8. The maximum absolute atomic E-state index is 6.09. The summed E-state index contributed by atoms with van der Waals surface area (Å²) in [5.41, 5.74) is 2.36. The normalized spacial score (nSPS) is 13.1. The van der Waals surface area contributed by atoms with Crippen LogP contribution >= 0.6 is 11.6 Å². The minimum Gasteiger partial charge on any atom is -0.313 e. The summed E-state index contributed by atoms with van der Waals surface area (Å²) in [5.74, 6) is 0. The van der Waals surface area contributed by atoms with E-state index in [4.69, 9.17) is 11.6 Å². The second kappa shape index (κ2) is 7.00. The van der Waals surface area contributed by atoms with Crippen molar-refractivity contribution in [1.82, 2.24) is 10.6 Å². The molecule has 2 N–H and O–H groups in total. The van der Waals surface area contributed by atoms with Crippen LogP contribution in [0.2, 0.25) is 5.02 Å². The van der Waals surface area contributed by atoms with Gasteiger partial charge in [0.1, 0.15) is 0 Å². The van der Waals surface area contributed by atoms with Gasteiger partial charge >= 0.3 is 0 Å². The van der Waals surface area contributed by atoms with Crippen molar-refractivity contribution in [3.05, 3.63) is 34.3 Å². The van der Waals surface area contributed by atoms with E-state index in [1.807, 2.05) is 13.0 Å². The summed E-state index contributed by atoms with van der Waals surface area (Å²) in [6.45, 7) is 10.4. The van der Waals surface area contributed by atoms with Crippen LogP contribution < -0.4 is 10.6 Å². The molecule has 0 fully saturated rings. The standard InChI is InChI=1S/C14H23ClN2/c1-10(2)16-8-12(4)17-9-13-6-5-11(3)14(15)7-13/h5-7,10,12,16-17H,8-9H2,1-4H3. The molecule has 0 saturated carbocycles. The molecule has 0 aliphatic heterocycles. The summed E-state index contributed by atoms with van der Waals surface area (Å²) < 4.78 is 0. The Hall–Kier alpha value is -0.570. The van der Waals surface area contributed by atoms with Crippen LogP contribution in [0.25, 0.3) is 0 Å². The lowest BCUT2D eigenvalue weighted by Crippen LogP contribution is -2.38. The lowest BCUT2D eigenvalue weighted by molar-refractivity contribution is 0.474. The van der Waals surface area contributed by atoms with E-state index in [-0.39, 0.29) is 0 Å². The third kappa shape index (κ3) is 5.53. The van der Waals surface area contributed by atoms with Crippen LogP contribution in [0.1, 0.15) is 31.9 Å². The van der Waals surface area contributed by atoms with E-state index in [2.05, 4.69) is 43.5 Å². The Morgan fingerprint density at radius 1 is 1.18 bits per heavy atom. The van der Waals surface area contributed by atoms with Gasteiger partial charge in [-0.1, -0.05) is 37.6 Å². The van der Waals surface area contributed by atoms with Crippen molar-refractivity contribution in [2.24, 2.45) is 0 Å². The van der Waals surface area contributed by atoms with Crippen molar-refractivity contribution in [3.8, 4) is 0 Å². The Morgan fingerprint density at radius 2 is 1.88 bits per heavy atom. The van der Waals surface area contributed by atoms with Gasteiger partial charge in [0.2, 0.25) is 0 Å². The van der Waals surface area contributed by atoms with E-state index in [0.717, 1.165) is 23.7 Å². The summed E-state index contributed by atoms with van der Waals surface area (Å²) in [6.07, 6.45) is 0. The molecule has 0 bridgehead atoms. The number of halogens is 1. The molecule has 0 saturated heterocycles. The molecule has 1 aromatic rings. The van der Waals surface area contributed by atoms with Crippen LogP contribution in [0.3, 0.4) is 0 Å². The van der Waals surface area contributed by atoms with Crippen LogP contribution in [0, 0.1) is 6.92 Å². The average molecular weight is 255 g/mol. The summed E-state index contributed by atoms with van der Waals surface area (Å²) in [7, 11) is 0. The Labute approximate surface area is 110 Å². The molecule has 0 aliphatic rings. The number of benzene rings is 1. The zero-order valence-electron chi connectivity index (χ0n) is 11.2. The Bertz CT molecular complexity index is 350. The summed E-state index contributed by atoms with van der Waals surface area (Å²) >= 11 is 6.09. The molecule has 0 radical (unpaired) electrons. The third-order valence-corrected chi connectivity index (χ3v) is 3.13. The van der Waals surface area contributed by atoms with Crippen molar-refractivity contribution in [1.29, 1.82) is 0 Å². The van der Waals surface area contributed by atoms with Gasteiger partial charge in [0.15, 0.2) is 0 Å². The smallest absolute Gasteiger partial charge is 0.0438 e. The summed E-state index contributed by atoms with van der Waals surface area (Å²) in [4.78, 5) is 0. The average Bonchev–Trinajstić information content (AvgIpc) is 2.28. The van der Waals surface area contributed by atoms with Gasteiger partial charge in [-0.05, 0) is 31.0 Å². The fourth-order valence-electron chi connectivity index (χ4n) is 1.52. The molecule has 96 valence electrons. The third-order valence-electron chi connectivity index (χ3n) is 2.72. The first-order valence-corrected chi connectivity index (χ1v) is 6.58. The van der Waals surface area contributed by atoms with E-state index in [0.29, 0.717) is 12.1 Å². The predicted molar refractivity (Wildman–Crippen MR) is 75.6 cm³/mol. The van der Waals surface area contributed by atoms with Crippen molar-refractivity contribution in [3.63, 3.8) is 0 Å². The van der Waals surface area contributed by atoms with Gasteiger partial charge in [-0.15, -0.1) is 0 Å². The molecule has 0 amide bonds. The topological polar surface area (TPSA) is 24.1 Å². The lowest BCUT2D eigenvalue weighted by Gasteiger charge is -2.16. The van der Waals surface area contributed by atoms with Crippen LogP contribution in [-0.2, 0) is 6.54 Å². The van der Waals surface area contributed by atoms with E-state index in [1.54, 1.807) is 0 Å².